The molecule has 0 radical (unpaired) electrons. The van der Waals surface area contributed by atoms with Gasteiger partial charge < -0.3 is 15.6 Å². The molecule has 0 unspecified atom stereocenters. The van der Waals surface area contributed by atoms with Crippen molar-refractivity contribution in [3.63, 3.8) is 0 Å². The van der Waals surface area contributed by atoms with E-state index in [0.717, 1.165) is 35.7 Å². The van der Waals surface area contributed by atoms with Gasteiger partial charge in [-0.2, -0.15) is 13.2 Å². The number of alkyl halides is 3. The van der Waals surface area contributed by atoms with E-state index in [0.29, 0.717) is 29.1 Å². The Bertz CT molecular complexity index is 960. The number of H-pyrrole nitrogens is 1. The lowest BCUT2D eigenvalue weighted by Crippen LogP contribution is -2.08. The van der Waals surface area contributed by atoms with Crippen LogP contribution >= 0.6 is 11.6 Å². The lowest BCUT2D eigenvalue weighted by molar-refractivity contribution is -0.136. The molecule has 1 aromatic heterocycles. The van der Waals surface area contributed by atoms with E-state index < -0.39 is 11.7 Å². The van der Waals surface area contributed by atoms with Gasteiger partial charge in [-0.05, 0) is 61.2 Å². The normalized spacial score (nSPS) is 12.0. The predicted molar refractivity (Wildman–Crippen MR) is 110 cm³/mol. The Morgan fingerprint density at radius 2 is 1.71 bits per heavy atom. The van der Waals surface area contributed by atoms with E-state index in [2.05, 4.69) is 4.98 Å². The van der Waals surface area contributed by atoms with Gasteiger partial charge >= 0.3 is 6.18 Å². The summed E-state index contributed by atoms with van der Waals surface area (Å²) in [5, 5.41) is 0.762. The number of rotatable bonds is 6. The molecule has 0 saturated carbocycles. The predicted octanol–water partition coefficient (Wildman–Crippen LogP) is 5.85. The van der Waals surface area contributed by atoms with Gasteiger partial charge in [0.05, 0.1) is 16.1 Å². The van der Waals surface area contributed by atoms with Gasteiger partial charge in [-0.15, -0.1) is 0 Å². The van der Waals surface area contributed by atoms with Gasteiger partial charge in [0.2, 0.25) is 0 Å². The van der Waals surface area contributed by atoms with E-state index in [-0.39, 0.29) is 5.52 Å². The lowest BCUT2D eigenvalue weighted by atomic mass is 9.99. The molecule has 3 nitrogen and oxygen atoms in total. The van der Waals surface area contributed by atoms with Gasteiger partial charge in [0.1, 0.15) is 0 Å². The van der Waals surface area contributed by atoms with Crippen LogP contribution in [-0.2, 0) is 12.6 Å². The van der Waals surface area contributed by atoms with Crippen molar-refractivity contribution in [1.82, 2.24) is 4.98 Å². The third kappa shape index (κ3) is 3.98. The fourth-order valence-electron chi connectivity index (χ4n) is 3.43. The molecule has 0 aliphatic carbocycles. The molecular formula is C21H23ClF3N3. The number of hydrogen-bond acceptors (Lipinski definition) is 2. The van der Waals surface area contributed by atoms with Crippen LogP contribution in [-0.4, -0.2) is 25.6 Å². The van der Waals surface area contributed by atoms with Crippen molar-refractivity contribution in [3.8, 4) is 11.3 Å². The average Bonchev–Trinajstić information content (AvgIpc) is 3.01. The maximum absolute atomic E-state index is 13.6. The van der Waals surface area contributed by atoms with E-state index >= 15 is 0 Å². The van der Waals surface area contributed by atoms with Gasteiger partial charge in [0, 0.05) is 30.9 Å². The molecule has 0 atom stereocenters. The summed E-state index contributed by atoms with van der Waals surface area (Å²) in [7, 11) is 3.87. The van der Waals surface area contributed by atoms with Crippen LogP contribution < -0.4 is 10.6 Å². The Hall–Kier alpha value is -2.18. The van der Waals surface area contributed by atoms with Gasteiger partial charge in [-0.25, -0.2) is 0 Å². The summed E-state index contributed by atoms with van der Waals surface area (Å²) in [5.74, 6) is 0. The number of nitrogens with two attached hydrogens (primary N) is 1. The molecular weight excluding hydrogens is 387 g/mol. The quantitative estimate of drug-likeness (QED) is 0.501. The third-order valence-electron chi connectivity index (χ3n) is 4.87. The van der Waals surface area contributed by atoms with Crippen molar-refractivity contribution < 1.29 is 13.2 Å². The average molecular weight is 410 g/mol. The zero-order valence-electron chi connectivity index (χ0n) is 15.8. The second-order valence-corrected chi connectivity index (χ2v) is 7.42. The van der Waals surface area contributed by atoms with Gasteiger partial charge in [0.25, 0.3) is 0 Å². The highest BCUT2D eigenvalue weighted by Crippen LogP contribution is 2.42. The number of aromatic amines is 1. The molecule has 0 aliphatic rings. The molecule has 0 bridgehead atoms. The molecule has 150 valence electrons. The second kappa shape index (κ2) is 8.05. The maximum Gasteiger partial charge on any atom is 0.418 e. The number of aromatic nitrogens is 1. The largest absolute Gasteiger partial charge is 0.418 e. The van der Waals surface area contributed by atoms with Crippen LogP contribution in [0.15, 0.2) is 36.4 Å². The van der Waals surface area contributed by atoms with Crippen LogP contribution in [0.1, 0.15) is 24.0 Å². The van der Waals surface area contributed by atoms with Crippen LogP contribution in [0.2, 0.25) is 5.02 Å². The van der Waals surface area contributed by atoms with Gasteiger partial charge in [-0.3, -0.25) is 0 Å². The fourth-order valence-corrected chi connectivity index (χ4v) is 3.70. The molecule has 3 aromatic rings. The minimum absolute atomic E-state index is 0.0365. The van der Waals surface area contributed by atoms with Crippen LogP contribution in [0.5, 0.6) is 0 Å². The first-order valence-corrected chi connectivity index (χ1v) is 9.50. The highest BCUT2D eigenvalue weighted by Gasteiger charge is 2.34. The molecule has 0 fully saturated rings. The van der Waals surface area contributed by atoms with Crippen LogP contribution in [0, 0.1) is 0 Å². The molecule has 2 aromatic carbocycles. The summed E-state index contributed by atoms with van der Waals surface area (Å²) < 4.78 is 40.7. The first-order chi connectivity index (χ1) is 13.2. The van der Waals surface area contributed by atoms with Crippen molar-refractivity contribution in [2.24, 2.45) is 5.73 Å². The topological polar surface area (TPSA) is 45.0 Å². The number of hydrogen-bond donors (Lipinski definition) is 2. The summed E-state index contributed by atoms with van der Waals surface area (Å²) in [6.07, 6.45) is -2.29. The van der Waals surface area contributed by atoms with E-state index in [9.17, 15) is 13.2 Å². The van der Waals surface area contributed by atoms with Crippen molar-refractivity contribution >= 4 is 28.2 Å². The molecule has 1 heterocycles. The van der Waals surface area contributed by atoms with Gasteiger partial charge in [0.15, 0.2) is 0 Å². The van der Waals surface area contributed by atoms with E-state index in [1.54, 1.807) is 0 Å². The molecule has 7 heteroatoms. The van der Waals surface area contributed by atoms with Crippen molar-refractivity contribution in [3.05, 3.63) is 52.5 Å². The minimum Gasteiger partial charge on any atom is -0.378 e. The molecule has 28 heavy (non-hydrogen) atoms. The minimum atomic E-state index is -4.46. The van der Waals surface area contributed by atoms with Crippen LogP contribution in [0.4, 0.5) is 18.9 Å². The molecule has 0 aliphatic heterocycles. The zero-order valence-corrected chi connectivity index (χ0v) is 16.6. The standard InChI is InChI=1S/C21H23ClF3N3/c1-28(2)14-8-6-13(7-9-14)19-15(5-3-4-12-26)18-17(22)11-10-16(20(18)27-19)21(23,24)25/h6-11,27H,3-5,12,26H2,1-2H3. The van der Waals surface area contributed by atoms with Crippen molar-refractivity contribution in [2.45, 2.75) is 25.4 Å². The summed E-state index contributed by atoms with van der Waals surface area (Å²) in [6.45, 7) is 0.538. The lowest BCUT2D eigenvalue weighted by Gasteiger charge is -2.13. The number of nitrogens with one attached hydrogen (secondary N) is 1. The number of benzene rings is 2. The fraction of sp³-hybridized carbons (Fsp3) is 0.333. The van der Waals surface area contributed by atoms with Gasteiger partial charge in [-0.1, -0.05) is 23.7 Å². The zero-order chi connectivity index (χ0) is 20.5. The van der Waals surface area contributed by atoms with E-state index in [1.807, 2.05) is 43.3 Å². The number of halogens is 4. The van der Waals surface area contributed by atoms with Crippen molar-refractivity contribution in [1.29, 1.82) is 0 Å². The molecule has 3 N–H and O–H groups in total. The Kier molecular flexibility index (Phi) is 5.91. The number of anilines is 1. The molecule has 0 saturated heterocycles. The van der Waals surface area contributed by atoms with Crippen LogP contribution in [0.25, 0.3) is 22.2 Å². The summed E-state index contributed by atoms with van der Waals surface area (Å²) >= 11 is 6.35. The van der Waals surface area contributed by atoms with E-state index in [1.165, 1.54) is 6.07 Å². The first kappa shape index (κ1) is 20.6. The Labute approximate surface area is 167 Å². The maximum atomic E-state index is 13.6. The van der Waals surface area contributed by atoms with Crippen molar-refractivity contribution in [2.75, 3.05) is 25.5 Å². The smallest absolute Gasteiger partial charge is 0.378 e. The molecule has 0 amide bonds. The highest BCUT2D eigenvalue weighted by atomic mass is 35.5. The first-order valence-electron chi connectivity index (χ1n) is 9.12. The number of aryl methyl sites for hydroxylation is 1. The number of nitrogens with zero attached hydrogens (tertiary/aromatic N) is 1. The highest BCUT2D eigenvalue weighted by molar-refractivity contribution is 6.36. The summed E-state index contributed by atoms with van der Waals surface area (Å²) in [5.41, 5.74) is 8.25. The molecule has 3 rings (SSSR count). The number of unbranched alkanes of at least 4 members (excludes halogenated alkanes) is 1. The Balaban J connectivity index is 2.22. The third-order valence-corrected chi connectivity index (χ3v) is 5.18. The molecule has 0 spiro atoms. The summed E-state index contributed by atoms with van der Waals surface area (Å²) in [4.78, 5) is 4.99. The monoisotopic (exact) mass is 409 g/mol. The second-order valence-electron chi connectivity index (χ2n) is 7.01. The summed E-state index contributed by atoms with van der Waals surface area (Å²) in [6, 6.07) is 10.1. The Morgan fingerprint density at radius 3 is 2.29 bits per heavy atom. The van der Waals surface area contributed by atoms with E-state index in [4.69, 9.17) is 17.3 Å². The SMILES string of the molecule is CN(C)c1ccc(-c2[nH]c3c(C(F)(F)F)ccc(Cl)c3c2CCCCN)cc1. The Morgan fingerprint density at radius 1 is 1.04 bits per heavy atom. The number of fused-ring (bicyclic) bond motifs is 1. The van der Waals surface area contributed by atoms with Crippen LogP contribution in [0.3, 0.4) is 0 Å².